The van der Waals surface area contributed by atoms with Crippen molar-refractivity contribution in [2.24, 2.45) is 0 Å². The molecule has 1 aliphatic heterocycles. The Labute approximate surface area is 275 Å². The standard InChI is InChI=1S/C35H30ClN3O6S/c1-42-28-14-10-24(17-30(28)43-2)34(35(41)37-26-13-15-29-31(18-26)45-21-44-29)39(33(40)16-22-6-4-3-5-7-22)19-32-38-27(20-46-32)23-8-11-25(36)12-9-23/h3-15,17-18,20,34H,16,19,21H2,1-2H3,(H,37,41). The molecular formula is C35H30ClN3O6S. The van der Waals surface area contributed by atoms with Crippen molar-refractivity contribution >= 4 is 40.4 Å². The first-order chi connectivity index (χ1) is 22.4. The molecule has 0 saturated heterocycles. The molecule has 5 aromatic rings. The van der Waals surface area contributed by atoms with Gasteiger partial charge in [0, 0.05) is 27.7 Å². The largest absolute Gasteiger partial charge is 0.493 e. The molecule has 234 valence electrons. The van der Waals surface area contributed by atoms with Gasteiger partial charge in [0.1, 0.15) is 11.0 Å². The summed E-state index contributed by atoms with van der Waals surface area (Å²) in [4.78, 5) is 35.0. The third-order valence-electron chi connectivity index (χ3n) is 7.44. The number of ether oxygens (including phenoxy) is 4. The lowest BCUT2D eigenvalue weighted by Crippen LogP contribution is -2.41. The first-order valence-corrected chi connectivity index (χ1v) is 15.6. The number of carbonyl (C=O) groups is 2. The van der Waals surface area contributed by atoms with Crippen LogP contribution in [0.5, 0.6) is 23.0 Å². The number of aromatic nitrogens is 1. The van der Waals surface area contributed by atoms with Gasteiger partial charge in [-0.1, -0.05) is 60.1 Å². The zero-order valence-electron chi connectivity index (χ0n) is 25.1. The normalized spacial score (nSPS) is 12.3. The summed E-state index contributed by atoms with van der Waals surface area (Å²) >= 11 is 7.51. The molecule has 2 amide bonds. The number of hydrogen-bond donors (Lipinski definition) is 1. The van der Waals surface area contributed by atoms with E-state index in [1.807, 2.05) is 47.8 Å². The Balaban J connectivity index is 1.40. The van der Waals surface area contributed by atoms with Crippen molar-refractivity contribution in [3.63, 3.8) is 0 Å². The molecule has 9 nitrogen and oxygen atoms in total. The lowest BCUT2D eigenvalue weighted by molar-refractivity contribution is -0.139. The molecule has 1 atom stereocenters. The molecule has 6 rings (SSSR count). The van der Waals surface area contributed by atoms with Crippen LogP contribution in [0.3, 0.4) is 0 Å². The van der Waals surface area contributed by atoms with Crippen LogP contribution in [0.25, 0.3) is 11.3 Å². The zero-order valence-corrected chi connectivity index (χ0v) is 26.6. The van der Waals surface area contributed by atoms with Gasteiger partial charge in [-0.05, 0) is 47.5 Å². The van der Waals surface area contributed by atoms with Crippen LogP contribution in [0.15, 0.2) is 96.4 Å². The van der Waals surface area contributed by atoms with Gasteiger partial charge in [0.25, 0.3) is 5.91 Å². The summed E-state index contributed by atoms with van der Waals surface area (Å²) in [7, 11) is 3.06. The highest BCUT2D eigenvalue weighted by Gasteiger charge is 2.33. The molecule has 1 aliphatic rings. The summed E-state index contributed by atoms with van der Waals surface area (Å²) in [6, 6.07) is 26.1. The van der Waals surface area contributed by atoms with E-state index >= 15 is 0 Å². The van der Waals surface area contributed by atoms with E-state index < -0.39 is 11.9 Å². The molecule has 0 radical (unpaired) electrons. The smallest absolute Gasteiger partial charge is 0.251 e. The van der Waals surface area contributed by atoms with E-state index in [0.717, 1.165) is 16.8 Å². The molecule has 0 fully saturated rings. The van der Waals surface area contributed by atoms with Crippen LogP contribution in [0.2, 0.25) is 5.02 Å². The van der Waals surface area contributed by atoms with Crippen molar-refractivity contribution in [1.82, 2.24) is 9.88 Å². The van der Waals surface area contributed by atoms with Gasteiger partial charge in [0.05, 0.1) is 32.9 Å². The SMILES string of the molecule is COc1ccc(C(C(=O)Nc2ccc3c(c2)OCO3)N(Cc2nc(-c3ccc(Cl)cc3)cs2)C(=O)Cc2ccccc2)cc1OC. The molecule has 2 heterocycles. The molecule has 0 saturated carbocycles. The summed E-state index contributed by atoms with van der Waals surface area (Å²) in [5, 5.41) is 6.20. The maximum atomic E-state index is 14.3. The third kappa shape index (κ3) is 6.93. The topological polar surface area (TPSA) is 99.2 Å². The van der Waals surface area contributed by atoms with Gasteiger partial charge in [-0.25, -0.2) is 4.98 Å². The number of nitrogens with one attached hydrogen (secondary N) is 1. The predicted molar refractivity (Wildman–Crippen MR) is 177 cm³/mol. The van der Waals surface area contributed by atoms with Crippen LogP contribution in [-0.4, -0.2) is 42.7 Å². The second kappa shape index (κ2) is 13.9. The number of halogens is 1. The number of thiazole rings is 1. The summed E-state index contributed by atoms with van der Waals surface area (Å²) in [6.07, 6.45) is 0.0807. The number of fused-ring (bicyclic) bond motifs is 1. The third-order valence-corrected chi connectivity index (χ3v) is 8.52. The van der Waals surface area contributed by atoms with E-state index in [9.17, 15) is 9.59 Å². The highest BCUT2D eigenvalue weighted by molar-refractivity contribution is 7.09. The second-order valence-electron chi connectivity index (χ2n) is 10.4. The average Bonchev–Trinajstić information content (AvgIpc) is 3.75. The first-order valence-electron chi connectivity index (χ1n) is 14.4. The first kappa shape index (κ1) is 30.9. The number of hydrogen-bond acceptors (Lipinski definition) is 8. The van der Waals surface area contributed by atoms with Crippen molar-refractivity contribution in [1.29, 1.82) is 0 Å². The Kier molecular flexibility index (Phi) is 9.37. The Morgan fingerprint density at radius 1 is 0.935 bits per heavy atom. The number of carbonyl (C=O) groups excluding carboxylic acids is 2. The zero-order chi connectivity index (χ0) is 32.0. The van der Waals surface area contributed by atoms with E-state index in [-0.39, 0.29) is 25.7 Å². The fourth-order valence-electron chi connectivity index (χ4n) is 5.16. The summed E-state index contributed by atoms with van der Waals surface area (Å²) in [5.41, 5.74) is 3.49. The van der Waals surface area contributed by atoms with Gasteiger partial charge in [0.15, 0.2) is 23.0 Å². The van der Waals surface area contributed by atoms with E-state index in [1.165, 1.54) is 25.6 Å². The molecule has 4 aromatic carbocycles. The lowest BCUT2D eigenvalue weighted by atomic mass is 10.0. The van der Waals surface area contributed by atoms with Crippen LogP contribution in [0, 0.1) is 0 Å². The molecule has 1 aromatic heterocycles. The van der Waals surface area contributed by atoms with Crippen LogP contribution < -0.4 is 24.3 Å². The van der Waals surface area contributed by atoms with E-state index in [4.69, 9.17) is 35.5 Å². The van der Waals surface area contributed by atoms with E-state index in [2.05, 4.69) is 5.32 Å². The molecule has 1 unspecified atom stereocenters. The van der Waals surface area contributed by atoms with Crippen LogP contribution >= 0.6 is 22.9 Å². The lowest BCUT2D eigenvalue weighted by Gasteiger charge is -2.31. The van der Waals surface area contributed by atoms with Crippen LogP contribution in [0.1, 0.15) is 22.2 Å². The van der Waals surface area contributed by atoms with Gasteiger partial charge in [-0.15, -0.1) is 11.3 Å². The molecule has 0 spiro atoms. The number of benzene rings is 4. The van der Waals surface area contributed by atoms with Gasteiger partial charge < -0.3 is 29.2 Å². The number of anilines is 1. The summed E-state index contributed by atoms with van der Waals surface area (Å²) in [6.45, 7) is 0.187. The van der Waals surface area contributed by atoms with Gasteiger partial charge in [0.2, 0.25) is 12.7 Å². The van der Waals surface area contributed by atoms with Crippen molar-refractivity contribution < 1.29 is 28.5 Å². The van der Waals surface area contributed by atoms with Gasteiger partial charge in [-0.2, -0.15) is 0 Å². The number of rotatable bonds is 11. The minimum atomic E-state index is -1.07. The average molecular weight is 656 g/mol. The van der Waals surface area contributed by atoms with Crippen molar-refractivity contribution in [3.8, 4) is 34.3 Å². The number of nitrogens with zero attached hydrogens (tertiary/aromatic N) is 2. The van der Waals surface area contributed by atoms with E-state index in [1.54, 1.807) is 53.4 Å². The van der Waals surface area contributed by atoms with Gasteiger partial charge in [-0.3, -0.25) is 9.59 Å². The fourth-order valence-corrected chi connectivity index (χ4v) is 6.09. The molecule has 11 heteroatoms. The monoisotopic (exact) mass is 655 g/mol. The van der Waals surface area contributed by atoms with Crippen LogP contribution in [-0.2, 0) is 22.6 Å². The second-order valence-corrected chi connectivity index (χ2v) is 11.8. The number of methoxy groups -OCH3 is 2. The summed E-state index contributed by atoms with van der Waals surface area (Å²) in [5.74, 6) is 1.35. The minimum Gasteiger partial charge on any atom is -0.493 e. The molecular weight excluding hydrogens is 626 g/mol. The highest BCUT2D eigenvalue weighted by atomic mass is 35.5. The highest BCUT2D eigenvalue weighted by Crippen LogP contribution is 2.37. The van der Waals surface area contributed by atoms with Crippen LogP contribution in [0.4, 0.5) is 5.69 Å². The number of amides is 2. The molecule has 1 N–H and O–H groups in total. The molecule has 46 heavy (non-hydrogen) atoms. The molecule has 0 bridgehead atoms. The Morgan fingerprint density at radius 2 is 1.70 bits per heavy atom. The van der Waals surface area contributed by atoms with E-state index in [0.29, 0.717) is 44.3 Å². The maximum absolute atomic E-state index is 14.3. The summed E-state index contributed by atoms with van der Waals surface area (Å²) < 4.78 is 22.0. The Hall–Kier alpha value is -5.06. The maximum Gasteiger partial charge on any atom is 0.251 e. The fraction of sp³-hybridized carbons (Fsp3) is 0.171. The van der Waals surface area contributed by atoms with Gasteiger partial charge >= 0.3 is 0 Å². The van der Waals surface area contributed by atoms with Crippen molar-refractivity contribution in [3.05, 3.63) is 118 Å². The van der Waals surface area contributed by atoms with Crippen molar-refractivity contribution in [2.75, 3.05) is 26.3 Å². The predicted octanol–water partition coefficient (Wildman–Crippen LogP) is 7.16. The van der Waals surface area contributed by atoms with Crippen molar-refractivity contribution in [2.45, 2.75) is 19.0 Å². The Bertz CT molecular complexity index is 1850. The Morgan fingerprint density at radius 3 is 2.46 bits per heavy atom. The molecule has 0 aliphatic carbocycles. The quantitative estimate of drug-likeness (QED) is 0.161. The minimum absolute atomic E-state index is 0.0807.